The lowest BCUT2D eigenvalue weighted by Gasteiger charge is -2.16. The standard InChI is InChI=1S/C15H24FNO2/c1-12(17-2)14-8-7-13(16)11-15(14)19-10-6-4-3-5-9-18/h7-8,11-12,17-18H,3-6,9-10H2,1-2H3. The van der Waals surface area contributed by atoms with Crippen LogP contribution in [-0.4, -0.2) is 25.4 Å². The minimum Gasteiger partial charge on any atom is -0.493 e. The molecule has 4 heteroatoms. The van der Waals surface area contributed by atoms with Crippen molar-refractivity contribution in [3.63, 3.8) is 0 Å². The summed E-state index contributed by atoms with van der Waals surface area (Å²) in [5.41, 5.74) is 0.972. The van der Waals surface area contributed by atoms with Gasteiger partial charge in [-0.15, -0.1) is 0 Å². The van der Waals surface area contributed by atoms with Crippen molar-refractivity contribution in [3.05, 3.63) is 29.6 Å². The fraction of sp³-hybridized carbons (Fsp3) is 0.600. The Bertz CT molecular complexity index is 371. The second kappa shape index (κ2) is 8.88. The molecule has 1 atom stereocenters. The number of ether oxygens (including phenoxy) is 1. The third-order valence-electron chi connectivity index (χ3n) is 3.19. The van der Waals surface area contributed by atoms with Crippen LogP contribution in [0.2, 0.25) is 0 Å². The third kappa shape index (κ3) is 5.57. The number of aliphatic hydroxyl groups is 1. The molecule has 0 heterocycles. The highest BCUT2D eigenvalue weighted by atomic mass is 19.1. The Balaban J connectivity index is 2.49. The van der Waals surface area contributed by atoms with Crippen LogP contribution in [0.25, 0.3) is 0 Å². The molecule has 1 aromatic carbocycles. The predicted molar refractivity (Wildman–Crippen MR) is 74.9 cm³/mol. The number of rotatable bonds is 9. The number of aliphatic hydroxyl groups excluding tert-OH is 1. The lowest BCUT2D eigenvalue weighted by molar-refractivity contribution is 0.272. The van der Waals surface area contributed by atoms with Gasteiger partial charge in [0.25, 0.3) is 0 Å². The molecule has 1 aromatic rings. The minimum atomic E-state index is -0.276. The molecule has 0 aliphatic heterocycles. The summed E-state index contributed by atoms with van der Waals surface area (Å²) in [6.45, 7) is 2.84. The molecule has 0 aliphatic carbocycles. The van der Waals surface area contributed by atoms with E-state index in [0.717, 1.165) is 31.2 Å². The molecule has 19 heavy (non-hydrogen) atoms. The predicted octanol–water partition coefficient (Wildman–Crippen LogP) is 3.04. The number of hydrogen-bond donors (Lipinski definition) is 2. The zero-order chi connectivity index (χ0) is 14.1. The Hall–Kier alpha value is -1.13. The van der Waals surface area contributed by atoms with E-state index < -0.39 is 0 Å². The number of hydrogen-bond acceptors (Lipinski definition) is 3. The maximum atomic E-state index is 13.3. The second-order valence-corrected chi connectivity index (χ2v) is 4.68. The molecule has 0 fully saturated rings. The molecular formula is C15H24FNO2. The van der Waals surface area contributed by atoms with Gasteiger partial charge in [0.15, 0.2) is 0 Å². The summed E-state index contributed by atoms with van der Waals surface area (Å²) in [6, 6.07) is 4.79. The summed E-state index contributed by atoms with van der Waals surface area (Å²) in [7, 11) is 1.87. The molecule has 3 nitrogen and oxygen atoms in total. The van der Waals surface area contributed by atoms with Gasteiger partial charge >= 0.3 is 0 Å². The van der Waals surface area contributed by atoms with Gasteiger partial charge in [0.2, 0.25) is 0 Å². The van der Waals surface area contributed by atoms with Gasteiger partial charge in [0.1, 0.15) is 11.6 Å². The molecule has 1 rings (SSSR count). The third-order valence-corrected chi connectivity index (χ3v) is 3.19. The van der Waals surface area contributed by atoms with E-state index in [2.05, 4.69) is 5.32 Å². The van der Waals surface area contributed by atoms with Gasteiger partial charge in [-0.25, -0.2) is 4.39 Å². The van der Waals surface area contributed by atoms with Crippen LogP contribution in [-0.2, 0) is 0 Å². The van der Waals surface area contributed by atoms with Crippen molar-refractivity contribution in [2.75, 3.05) is 20.3 Å². The lowest BCUT2D eigenvalue weighted by atomic mass is 10.1. The van der Waals surface area contributed by atoms with E-state index in [-0.39, 0.29) is 18.5 Å². The Morgan fingerprint density at radius 1 is 1.26 bits per heavy atom. The summed E-state index contributed by atoms with van der Waals surface area (Å²) in [5.74, 6) is 0.339. The van der Waals surface area contributed by atoms with Crippen LogP contribution in [0, 0.1) is 5.82 Å². The minimum absolute atomic E-state index is 0.130. The van der Waals surface area contributed by atoms with Crippen molar-refractivity contribution in [3.8, 4) is 5.75 Å². The van der Waals surface area contributed by atoms with Crippen LogP contribution in [0.1, 0.15) is 44.2 Å². The van der Waals surface area contributed by atoms with Crippen molar-refractivity contribution >= 4 is 0 Å². The smallest absolute Gasteiger partial charge is 0.126 e. The fourth-order valence-corrected chi connectivity index (χ4v) is 1.90. The van der Waals surface area contributed by atoms with Gasteiger partial charge in [0.05, 0.1) is 6.61 Å². The summed E-state index contributed by atoms with van der Waals surface area (Å²) < 4.78 is 18.9. The number of benzene rings is 1. The molecule has 1 unspecified atom stereocenters. The molecular weight excluding hydrogens is 245 g/mol. The highest BCUT2D eigenvalue weighted by molar-refractivity contribution is 5.36. The van der Waals surface area contributed by atoms with Gasteiger partial charge in [0, 0.05) is 24.3 Å². The zero-order valence-corrected chi connectivity index (χ0v) is 11.8. The average molecular weight is 269 g/mol. The van der Waals surface area contributed by atoms with Crippen molar-refractivity contribution < 1.29 is 14.2 Å². The Morgan fingerprint density at radius 2 is 2.00 bits per heavy atom. The van der Waals surface area contributed by atoms with E-state index in [0.29, 0.717) is 12.4 Å². The Labute approximate surface area is 114 Å². The lowest BCUT2D eigenvalue weighted by Crippen LogP contribution is -2.14. The first-order valence-corrected chi connectivity index (χ1v) is 6.89. The summed E-state index contributed by atoms with van der Waals surface area (Å²) in [4.78, 5) is 0. The first kappa shape index (κ1) is 15.9. The molecule has 0 aromatic heterocycles. The summed E-state index contributed by atoms with van der Waals surface area (Å²) in [6.07, 6.45) is 3.78. The van der Waals surface area contributed by atoms with Crippen LogP contribution < -0.4 is 10.1 Å². The van der Waals surface area contributed by atoms with E-state index in [1.54, 1.807) is 6.07 Å². The van der Waals surface area contributed by atoms with Crippen LogP contribution >= 0.6 is 0 Å². The quantitative estimate of drug-likeness (QED) is 0.677. The molecule has 0 spiro atoms. The monoisotopic (exact) mass is 269 g/mol. The van der Waals surface area contributed by atoms with Crippen LogP contribution in [0.4, 0.5) is 4.39 Å². The maximum absolute atomic E-state index is 13.3. The van der Waals surface area contributed by atoms with E-state index in [1.807, 2.05) is 14.0 Å². The van der Waals surface area contributed by atoms with E-state index in [1.165, 1.54) is 12.1 Å². The number of halogens is 1. The van der Waals surface area contributed by atoms with Crippen molar-refractivity contribution in [1.29, 1.82) is 0 Å². The zero-order valence-electron chi connectivity index (χ0n) is 11.8. The molecule has 108 valence electrons. The van der Waals surface area contributed by atoms with Gasteiger partial charge in [-0.2, -0.15) is 0 Å². The average Bonchev–Trinajstić information content (AvgIpc) is 2.42. The summed E-state index contributed by atoms with van der Waals surface area (Å²) in [5, 5.41) is 11.8. The molecule has 0 radical (unpaired) electrons. The number of nitrogens with one attached hydrogen (secondary N) is 1. The van der Waals surface area contributed by atoms with Gasteiger partial charge in [-0.1, -0.05) is 12.5 Å². The van der Waals surface area contributed by atoms with E-state index in [9.17, 15) is 4.39 Å². The Kier molecular flexibility index (Phi) is 7.45. The maximum Gasteiger partial charge on any atom is 0.126 e. The molecule has 0 saturated carbocycles. The largest absolute Gasteiger partial charge is 0.493 e. The Morgan fingerprint density at radius 3 is 2.68 bits per heavy atom. The van der Waals surface area contributed by atoms with Gasteiger partial charge in [-0.05, 0) is 39.3 Å². The first-order chi connectivity index (χ1) is 9.19. The van der Waals surface area contributed by atoms with Crippen LogP contribution in [0.5, 0.6) is 5.75 Å². The SMILES string of the molecule is CNC(C)c1ccc(F)cc1OCCCCCCO. The van der Waals surface area contributed by atoms with Crippen LogP contribution in [0.15, 0.2) is 18.2 Å². The van der Waals surface area contributed by atoms with Crippen molar-refractivity contribution in [1.82, 2.24) is 5.32 Å². The van der Waals surface area contributed by atoms with E-state index in [4.69, 9.17) is 9.84 Å². The van der Waals surface area contributed by atoms with E-state index >= 15 is 0 Å². The molecule has 2 N–H and O–H groups in total. The van der Waals surface area contributed by atoms with Crippen molar-refractivity contribution in [2.24, 2.45) is 0 Å². The topological polar surface area (TPSA) is 41.5 Å². The highest BCUT2D eigenvalue weighted by Crippen LogP contribution is 2.26. The molecule has 0 saturated heterocycles. The first-order valence-electron chi connectivity index (χ1n) is 6.89. The molecule has 0 amide bonds. The molecule has 0 bridgehead atoms. The fourth-order valence-electron chi connectivity index (χ4n) is 1.90. The molecule has 0 aliphatic rings. The van der Waals surface area contributed by atoms with Crippen molar-refractivity contribution in [2.45, 2.75) is 38.6 Å². The second-order valence-electron chi connectivity index (χ2n) is 4.68. The summed E-state index contributed by atoms with van der Waals surface area (Å²) >= 11 is 0. The highest BCUT2D eigenvalue weighted by Gasteiger charge is 2.11. The van der Waals surface area contributed by atoms with Gasteiger partial charge in [-0.3, -0.25) is 0 Å². The normalized spacial score (nSPS) is 12.4. The van der Waals surface area contributed by atoms with Crippen LogP contribution in [0.3, 0.4) is 0 Å². The number of unbranched alkanes of at least 4 members (excludes halogenated alkanes) is 3. The van der Waals surface area contributed by atoms with Gasteiger partial charge < -0.3 is 15.2 Å².